The van der Waals surface area contributed by atoms with E-state index in [9.17, 15) is 9.00 Å². The summed E-state index contributed by atoms with van der Waals surface area (Å²) in [5.41, 5.74) is 2.20. The summed E-state index contributed by atoms with van der Waals surface area (Å²) in [7, 11) is -1.48. The number of carbonyl (C=O) groups excluding carboxylic acids is 1. The summed E-state index contributed by atoms with van der Waals surface area (Å²) in [6.45, 7) is 1.96. The van der Waals surface area contributed by atoms with Crippen LogP contribution in [0, 0.1) is 6.92 Å². The number of aryl methyl sites for hydroxylation is 2. The minimum atomic E-state index is -1.48. The van der Waals surface area contributed by atoms with Crippen molar-refractivity contribution >= 4 is 16.9 Å². The first-order valence-corrected chi connectivity index (χ1v) is 7.62. The molecular formula is C16H17NO2S. The van der Waals surface area contributed by atoms with Crippen LogP contribution in [0.25, 0.3) is 0 Å². The van der Waals surface area contributed by atoms with Crippen molar-refractivity contribution in [2.75, 3.05) is 0 Å². The number of hydrogen-bond acceptors (Lipinski definition) is 2. The zero-order valence-electron chi connectivity index (χ0n) is 11.3. The molecule has 104 valence electrons. The number of rotatable bonds is 5. The van der Waals surface area contributed by atoms with E-state index >= 15 is 0 Å². The fraction of sp³-hybridized carbons (Fsp3) is 0.188. The summed E-state index contributed by atoms with van der Waals surface area (Å²) in [6.07, 6.45) is 0.986. The van der Waals surface area contributed by atoms with Crippen molar-refractivity contribution in [1.29, 1.82) is 0 Å². The van der Waals surface area contributed by atoms with Crippen molar-refractivity contribution < 1.29 is 9.00 Å². The third-order valence-electron chi connectivity index (χ3n) is 2.93. The lowest BCUT2D eigenvalue weighted by molar-refractivity contribution is -0.119. The van der Waals surface area contributed by atoms with E-state index in [1.165, 1.54) is 0 Å². The number of nitrogens with one attached hydrogen (secondary N) is 1. The van der Waals surface area contributed by atoms with Gasteiger partial charge in [-0.3, -0.25) is 9.52 Å². The molecule has 3 nitrogen and oxygen atoms in total. The molecule has 2 aromatic rings. The normalized spacial score (nSPS) is 11.8. The van der Waals surface area contributed by atoms with Crippen molar-refractivity contribution in [3.8, 4) is 0 Å². The first kappa shape index (κ1) is 14.5. The van der Waals surface area contributed by atoms with Gasteiger partial charge in [-0.05, 0) is 31.0 Å². The quantitative estimate of drug-likeness (QED) is 0.919. The van der Waals surface area contributed by atoms with Crippen LogP contribution in [-0.4, -0.2) is 10.1 Å². The van der Waals surface area contributed by atoms with E-state index in [1.807, 2.05) is 49.4 Å². The Morgan fingerprint density at radius 3 is 2.35 bits per heavy atom. The summed E-state index contributed by atoms with van der Waals surface area (Å²) >= 11 is 0. The predicted molar refractivity (Wildman–Crippen MR) is 80.5 cm³/mol. The van der Waals surface area contributed by atoms with Crippen molar-refractivity contribution in [3.63, 3.8) is 0 Å². The van der Waals surface area contributed by atoms with Crippen molar-refractivity contribution in [2.24, 2.45) is 0 Å². The number of amides is 1. The molecule has 1 amide bonds. The van der Waals surface area contributed by atoms with Gasteiger partial charge in [-0.1, -0.05) is 48.0 Å². The Kier molecular flexibility index (Phi) is 5.07. The predicted octanol–water partition coefficient (Wildman–Crippen LogP) is 2.77. The van der Waals surface area contributed by atoms with Gasteiger partial charge in [0.15, 0.2) is 11.0 Å². The lowest BCUT2D eigenvalue weighted by Gasteiger charge is -2.05. The zero-order chi connectivity index (χ0) is 14.4. The molecule has 0 spiro atoms. The van der Waals surface area contributed by atoms with Gasteiger partial charge in [-0.15, -0.1) is 0 Å². The molecule has 2 rings (SSSR count). The lowest BCUT2D eigenvalue weighted by atomic mass is 10.1. The Bertz CT molecular complexity index is 594. The SMILES string of the molecule is Cc1ccc([S@](=O)NC(=O)CCc2ccccc2)cc1. The highest BCUT2D eigenvalue weighted by Gasteiger charge is 2.08. The Hall–Kier alpha value is -1.94. The monoisotopic (exact) mass is 287 g/mol. The van der Waals surface area contributed by atoms with Crippen LogP contribution in [-0.2, 0) is 22.2 Å². The summed E-state index contributed by atoms with van der Waals surface area (Å²) in [5, 5.41) is 0. The van der Waals surface area contributed by atoms with E-state index in [-0.39, 0.29) is 5.91 Å². The summed E-state index contributed by atoms with van der Waals surface area (Å²) in [4.78, 5) is 12.4. The number of benzene rings is 2. The lowest BCUT2D eigenvalue weighted by Crippen LogP contribution is -2.25. The third kappa shape index (κ3) is 4.31. The molecule has 0 aliphatic carbocycles. The highest BCUT2D eigenvalue weighted by atomic mass is 32.2. The van der Waals surface area contributed by atoms with Crippen LogP contribution >= 0.6 is 0 Å². The smallest absolute Gasteiger partial charge is 0.232 e. The van der Waals surface area contributed by atoms with Crippen molar-refractivity contribution in [3.05, 3.63) is 65.7 Å². The maximum absolute atomic E-state index is 12.0. The van der Waals surface area contributed by atoms with E-state index in [1.54, 1.807) is 12.1 Å². The molecule has 2 aromatic carbocycles. The van der Waals surface area contributed by atoms with Gasteiger partial charge in [0.05, 0.1) is 4.90 Å². The summed E-state index contributed by atoms with van der Waals surface area (Å²) in [5.74, 6) is -0.201. The Morgan fingerprint density at radius 1 is 1.05 bits per heavy atom. The Morgan fingerprint density at radius 2 is 1.70 bits per heavy atom. The van der Waals surface area contributed by atoms with Gasteiger partial charge in [0.25, 0.3) is 0 Å². The van der Waals surface area contributed by atoms with Crippen LogP contribution in [0.5, 0.6) is 0 Å². The molecule has 0 unspecified atom stereocenters. The van der Waals surface area contributed by atoms with Crippen LogP contribution < -0.4 is 4.72 Å². The van der Waals surface area contributed by atoms with Gasteiger partial charge >= 0.3 is 0 Å². The van der Waals surface area contributed by atoms with Crippen LogP contribution in [0.3, 0.4) is 0 Å². The Balaban J connectivity index is 1.85. The third-order valence-corrected chi connectivity index (χ3v) is 4.04. The maximum Gasteiger partial charge on any atom is 0.232 e. The fourth-order valence-corrected chi connectivity index (χ4v) is 2.59. The molecule has 0 saturated carbocycles. The first-order chi connectivity index (χ1) is 9.65. The molecule has 1 atom stereocenters. The van der Waals surface area contributed by atoms with Crippen LogP contribution in [0.4, 0.5) is 0 Å². The highest BCUT2D eigenvalue weighted by Crippen LogP contribution is 2.07. The van der Waals surface area contributed by atoms with Gasteiger partial charge in [0, 0.05) is 6.42 Å². The largest absolute Gasteiger partial charge is 0.274 e. The van der Waals surface area contributed by atoms with E-state index in [0.717, 1.165) is 11.1 Å². The number of carbonyl (C=O) groups is 1. The molecule has 0 radical (unpaired) electrons. The molecule has 20 heavy (non-hydrogen) atoms. The van der Waals surface area contributed by atoms with Gasteiger partial charge in [-0.2, -0.15) is 0 Å². The van der Waals surface area contributed by atoms with E-state index < -0.39 is 11.0 Å². The van der Waals surface area contributed by atoms with Crippen molar-refractivity contribution in [1.82, 2.24) is 4.72 Å². The summed E-state index contributed by atoms with van der Waals surface area (Å²) < 4.78 is 14.5. The molecule has 0 aliphatic rings. The average Bonchev–Trinajstić information content (AvgIpc) is 2.47. The molecule has 0 heterocycles. The minimum absolute atomic E-state index is 0.201. The standard InChI is InChI=1S/C16H17NO2S/c1-13-7-10-15(11-8-13)20(19)17-16(18)12-9-14-5-3-2-4-6-14/h2-8,10-11H,9,12H2,1H3,(H,17,18)/t20-/m0/s1. The fourth-order valence-electron chi connectivity index (χ4n) is 1.78. The van der Waals surface area contributed by atoms with Crippen LogP contribution in [0.1, 0.15) is 17.5 Å². The number of hydrogen-bond donors (Lipinski definition) is 1. The Labute approximate surface area is 121 Å². The molecular weight excluding hydrogens is 270 g/mol. The van der Waals surface area contributed by atoms with Gasteiger partial charge in [0.2, 0.25) is 5.91 Å². The van der Waals surface area contributed by atoms with Crippen molar-refractivity contribution in [2.45, 2.75) is 24.7 Å². The topological polar surface area (TPSA) is 46.2 Å². The van der Waals surface area contributed by atoms with Gasteiger partial charge < -0.3 is 0 Å². The minimum Gasteiger partial charge on any atom is -0.274 e. The van der Waals surface area contributed by atoms with Crippen LogP contribution in [0.2, 0.25) is 0 Å². The first-order valence-electron chi connectivity index (χ1n) is 6.47. The molecule has 0 bridgehead atoms. The summed E-state index contributed by atoms with van der Waals surface area (Å²) in [6, 6.07) is 17.1. The molecule has 0 fully saturated rings. The maximum atomic E-state index is 12.0. The highest BCUT2D eigenvalue weighted by molar-refractivity contribution is 7.83. The molecule has 0 aliphatic heterocycles. The molecule has 1 N–H and O–H groups in total. The second kappa shape index (κ2) is 7.01. The molecule has 0 saturated heterocycles. The van der Waals surface area contributed by atoms with E-state index in [4.69, 9.17) is 0 Å². The van der Waals surface area contributed by atoms with E-state index in [2.05, 4.69) is 4.72 Å². The molecule has 4 heteroatoms. The molecule has 0 aromatic heterocycles. The average molecular weight is 287 g/mol. The van der Waals surface area contributed by atoms with E-state index in [0.29, 0.717) is 17.7 Å². The van der Waals surface area contributed by atoms with Gasteiger partial charge in [0.1, 0.15) is 0 Å². The van der Waals surface area contributed by atoms with Crippen LogP contribution in [0.15, 0.2) is 59.5 Å². The second-order valence-electron chi connectivity index (χ2n) is 4.59. The second-order valence-corrected chi connectivity index (χ2v) is 5.81. The van der Waals surface area contributed by atoms with Gasteiger partial charge in [-0.25, -0.2) is 4.21 Å². The zero-order valence-corrected chi connectivity index (χ0v) is 12.2.